The van der Waals surface area contributed by atoms with Crippen molar-refractivity contribution in [3.05, 3.63) is 64.9 Å². The Morgan fingerprint density at radius 2 is 1.70 bits per heavy atom. The van der Waals surface area contributed by atoms with Crippen molar-refractivity contribution < 1.29 is 22.7 Å². The van der Waals surface area contributed by atoms with Crippen molar-refractivity contribution in [1.29, 1.82) is 0 Å². The van der Waals surface area contributed by atoms with Gasteiger partial charge in [-0.05, 0) is 42.0 Å². The highest BCUT2D eigenvalue weighted by Crippen LogP contribution is 2.14. The Balaban J connectivity index is 1.86. The molecule has 0 saturated carbocycles. The van der Waals surface area contributed by atoms with Crippen LogP contribution in [-0.2, 0) is 15.6 Å². The second-order valence-corrected chi connectivity index (χ2v) is 7.65. The number of rotatable bonds is 7. The number of aliphatic hydroxyl groups excluding tert-OH is 1. The Kier molecular flexibility index (Phi) is 5.98. The third-order valence-corrected chi connectivity index (χ3v) is 4.92. The number of hydrogen-bond acceptors (Lipinski definition) is 4. The summed E-state index contributed by atoms with van der Waals surface area (Å²) in [6, 6.07) is 11.7. The fourth-order valence-corrected chi connectivity index (χ4v) is 3.58. The summed E-state index contributed by atoms with van der Waals surface area (Å²) in [7, 11) is -3.49. The van der Waals surface area contributed by atoms with Crippen LogP contribution in [0.25, 0.3) is 0 Å². The Bertz CT molecular complexity index is 730. The van der Waals surface area contributed by atoms with Gasteiger partial charge >= 0.3 is 0 Å². The number of aliphatic hydroxyl groups is 1. The van der Waals surface area contributed by atoms with Gasteiger partial charge in [-0.3, -0.25) is 0 Å². The number of benzene rings is 2. The van der Waals surface area contributed by atoms with E-state index in [-0.39, 0.29) is 12.4 Å². The molecule has 23 heavy (non-hydrogen) atoms. The standard InChI is InChI=1S/C16H16ClFO4S/c17-13-3-1-12(2-4-13)10-23(20,21)11-15(19)9-22-16-7-5-14(18)6-8-16/h1-8,15,19H,9-11H2/t15-/m1/s1. The van der Waals surface area contributed by atoms with Crippen molar-refractivity contribution in [2.45, 2.75) is 11.9 Å². The van der Waals surface area contributed by atoms with E-state index in [1.165, 1.54) is 24.3 Å². The molecule has 0 aliphatic carbocycles. The summed E-state index contributed by atoms with van der Waals surface area (Å²) in [6.45, 7) is -0.189. The number of sulfone groups is 1. The first-order valence-electron chi connectivity index (χ1n) is 6.85. The molecule has 1 atom stereocenters. The van der Waals surface area contributed by atoms with E-state index >= 15 is 0 Å². The summed E-state index contributed by atoms with van der Waals surface area (Å²) in [6.07, 6.45) is -1.17. The monoisotopic (exact) mass is 358 g/mol. The molecule has 2 aromatic rings. The van der Waals surface area contributed by atoms with Gasteiger partial charge in [0.2, 0.25) is 0 Å². The SMILES string of the molecule is O=S(=O)(Cc1ccc(Cl)cc1)C[C@H](O)COc1ccc(F)cc1. The Labute approximate surface area is 139 Å². The second-order valence-electron chi connectivity index (χ2n) is 5.10. The molecule has 124 valence electrons. The first-order valence-corrected chi connectivity index (χ1v) is 9.05. The molecule has 2 aromatic carbocycles. The fraction of sp³-hybridized carbons (Fsp3) is 0.250. The molecule has 0 aliphatic rings. The van der Waals surface area contributed by atoms with Crippen LogP contribution in [0.15, 0.2) is 48.5 Å². The minimum Gasteiger partial charge on any atom is -0.491 e. The summed E-state index contributed by atoms with van der Waals surface area (Å²) < 4.78 is 42.1. The fourth-order valence-electron chi connectivity index (χ4n) is 1.96. The van der Waals surface area contributed by atoms with Gasteiger partial charge in [0.15, 0.2) is 9.84 Å². The Morgan fingerprint density at radius 1 is 1.09 bits per heavy atom. The zero-order valence-corrected chi connectivity index (χ0v) is 13.7. The predicted molar refractivity (Wildman–Crippen MR) is 86.8 cm³/mol. The third kappa shape index (κ3) is 6.17. The molecular weight excluding hydrogens is 343 g/mol. The summed E-state index contributed by atoms with van der Waals surface area (Å²) in [5.41, 5.74) is 0.598. The van der Waals surface area contributed by atoms with E-state index in [1.54, 1.807) is 24.3 Å². The highest BCUT2D eigenvalue weighted by atomic mass is 35.5. The van der Waals surface area contributed by atoms with E-state index in [0.717, 1.165) is 0 Å². The lowest BCUT2D eigenvalue weighted by molar-refractivity contribution is 0.125. The molecular formula is C16H16ClFO4S. The lowest BCUT2D eigenvalue weighted by atomic mass is 10.2. The normalized spacial score (nSPS) is 12.8. The molecule has 0 unspecified atom stereocenters. The first-order chi connectivity index (χ1) is 10.8. The van der Waals surface area contributed by atoms with Crippen LogP contribution in [0.5, 0.6) is 5.75 Å². The molecule has 4 nitrogen and oxygen atoms in total. The summed E-state index contributed by atoms with van der Waals surface area (Å²) >= 11 is 5.75. The molecule has 0 aromatic heterocycles. The lowest BCUT2D eigenvalue weighted by Gasteiger charge is -2.13. The zero-order valence-electron chi connectivity index (χ0n) is 12.2. The Morgan fingerprint density at radius 3 is 2.30 bits per heavy atom. The first kappa shape index (κ1) is 17.7. The average molecular weight is 359 g/mol. The highest BCUT2D eigenvalue weighted by molar-refractivity contribution is 7.90. The van der Waals surface area contributed by atoms with E-state index in [1.807, 2.05) is 0 Å². The quantitative estimate of drug-likeness (QED) is 0.826. The summed E-state index contributed by atoms with van der Waals surface area (Å²) in [5.74, 6) is -0.641. The average Bonchev–Trinajstić information content (AvgIpc) is 2.48. The van der Waals surface area contributed by atoms with Crippen molar-refractivity contribution in [1.82, 2.24) is 0 Å². The van der Waals surface area contributed by atoms with Crippen LogP contribution in [0, 0.1) is 5.82 Å². The molecule has 0 bridgehead atoms. The Hall–Kier alpha value is -1.63. The molecule has 0 heterocycles. The second kappa shape index (κ2) is 7.77. The van der Waals surface area contributed by atoms with E-state index in [9.17, 15) is 17.9 Å². The predicted octanol–water partition coefficient (Wildman–Crippen LogP) is 2.83. The van der Waals surface area contributed by atoms with Crippen molar-refractivity contribution in [3.8, 4) is 5.75 Å². The van der Waals surface area contributed by atoms with E-state index in [0.29, 0.717) is 16.3 Å². The smallest absolute Gasteiger partial charge is 0.157 e. The molecule has 0 fully saturated rings. The van der Waals surface area contributed by atoms with Gasteiger partial charge in [0, 0.05) is 5.02 Å². The maximum atomic E-state index is 12.7. The minimum absolute atomic E-state index is 0.183. The molecule has 1 N–H and O–H groups in total. The third-order valence-electron chi connectivity index (χ3n) is 3.00. The van der Waals surface area contributed by atoms with E-state index in [4.69, 9.17) is 16.3 Å². The molecule has 7 heteroatoms. The summed E-state index contributed by atoms with van der Waals surface area (Å²) in [5, 5.41) is 10.4. The number of ether oxygens (including phenoxy) is 1. The van der Waals surface area contributed by atoms with Crippen LogP contribution in [0.1, 0.15) is 5.56 Å². The van der Waals surface area contributed by atoms with Gasteiger partial charge in [-0.15, -0.1) is 0 Å². The topological polar surface area (TPSA) is 63.6 Å². The molecule has 2 rings (SSSR count). The lowest BCUT2D eigenvalue weighted by Crippen LogP contribution is -2.27. The minimum atomic E-state index is -3.49. The molecule has 0 radical (unpaired) electrons. The van der Waals surface area contributed by atoms with Crippen LogP contribution >= 0.6 is 11.6 Å². The van der Waals surface area contributed by atoms with Gasteiger partial charge in [0.1, 0.15) is 24.3 Å². The van der Waals surface area contributed by atoms with Gasteiger partial charge < -0.3 is 9.84 Å². The van der Waals surface area contributed by atoms with Gasteiger partial charge in [0.25, 0.3) is 0 Å². The molecule has 0 spiro atoms. The van der Waals surface area contributed by atoms with Crippen molar-refractivity contribution >= 4 is 21.4 Å². The van der Waals surface area contributed by atoms with Gasteiger partial charge in [-0.25, -0.2) is 12.8 Å². The maximum absolute atomic E-state index is 12.7. The number of halogens is 2. The van der Waals surface area contributed by atoms with E-state index in [2.05, 4.69) is 0 Å². The van der Waals surface area contributed by atoms with Crippen LogP contribution < -0.4 is 4.74 Å². The van der Waals surface area contributed by atoms with Crippen LogP contribution in [-0.4, -0.2) is 32.0 Å². The molecule has 0 aliphatic heterocycles. The number of hydrogen-bond donors (Lipinski definition) is 1. The van der Waals surface area contributed by atoms with Crippen LogP contribution in [0.2, 0.25) is 5.02 Å². The highest BCUT2D eigenvalue weighted by Gasteiger charge is 2.18. The van der Waals surface area contributed by atoms with Crippen molar-refractivity contribution in [3.63, 3.8) is 0 Å². The maximum Gasteiger partial charge on any atom is 0.157 e. The largest absolute Gasteiger partial charge is 0.491 e. The van der Waals surface area contributed by atoms with Crippen molar-refractivity contribution in [2.75, 3.05) is 12.4 Å². The zero-order chi connectivity index (χ0) is 16.9. The molecule has 0 saturated heterocycles. The summed E-state index contributed by atoms with van der Waals surface area (Å²) in [4.78, 5) is 0. The van der Waals surface area contributed by atoms with E-state index < -0.39 is 27.5 Å². The van der Waals surface area contributed by atoms with Gasteiger partial charge in [-0.1, -0.05) is 23.7 Å². The van der Waals surface area contributed by atoms with Crippen molar-refractivity contribution in [2.24, 2.45) is 0 Å². The molecule has 0 amide bonds. The van der Waals surface area contributed by atoms with Gasteiger partial charge in [0.05, 0.1) is 11.5 Å². The van der Waals surface area contributed by atoms with Crippen LogP contribution in [0.3, 0.4) is 0 Å². The van der Waals surface area contributed by atoms with Gasteiger partial charge in [-0.2, -0.15) is 0 Å². The van der Waals surface area contributed by atoms with Crippen LogP contribution in [0.4, 0.5) is 4.39 Å².